The highest BCUT2D eigenvalue weighted by molar-refractivity contribution is 6.02. The molecule has 0 unspecified atom stereocenters. The number of nitrogens with one attached hydrogen (secondary N) is 2. The molecule has 0 saturated heterocycles. The van der Waals surface area contributed by atoms with E-state index < -0.39 is 0 Å². The lowest BCUT2D eigenvalue weighted by Gasteiger charge is -2.08. The monoisotopic (exact) mass is 261 g/mol. The van der Waals surface area contributed by atoms with Crippen molar-refractivity contribution in [2.75, 3.05) is 11.9 Å². The number of hydrogen-bond donors (Lipinski definition) is 2. The molecular weight excluding hydrogens is 246 g/mol. The van der Waals surface area contributed by atoms with Crippen LogP contribution in [0.4, 0.5) is 5.69 Å². The minimum absolute atomic E-state index is 0.222. The summed E-state index contributed by atoms with van der Waals surface area (Å²) in [5.41, 5.74) is 0.796. The van der Waals surface area contributed by atoms with Crippen LogP contribution in [0.1, 0.15) is 24.3 Å². The lowest BCUT2D eigenvalue weighted by molar-refractivity contribution is 0.102. The predicted octanol–water partition coefficient (Wildman–Crippen LogP) is 1.49. The van der Waals surface area contributed by atoms with Crippen molar-refractivity contribution in [2.24, 2.45) is 5.92 Å². The van der Waals surface area contributed by atoms with Crippen LogP contribution >= 0.6 is 0 Å². The maximum absolute atomic E-state index is 11.7. The van der Waals surface area contributed by atoms with E-state index in [2.05, 4.69) is 39.6 Å². The molecule has 0 radical (unpaired) electrons. The Morgan fingerprint density at radius 1 is 1.42 bits per heavy atom. The Morgan fingerprint density at radius 3 is 2.84 bits per heavy atom. The standard InChI is InChI=1S/C12H15N5O2/c1-8(2)7-19-11-4-3-9(5-13-11)15-12(18)10-6-14-17-16-10/h3-6,8H,7H2,1-2H3,(H,15,18)(H,14,16,17). The molecule has 2 heterocycles. The third kappa shape index (κ3) is 3.77. The second-order valence-electron chi connectivity index (χ2n) is 4.40. The molecule has 0 aromatic carbocycles. The molecule has 2 rings (SSSR count). The number of H-pyrrole nitrogens is 1. The normalized spacial score (nSPS) is 10.5. The van der Waals surface area contributed by atoms with Crippen molar-refractivity contribution in [3.05, 3.63) is 30.2 Å². The summed E-state index contributed by atoms with van der Waals surface area (Å²) < 4.78 is 5.45. The first-order chi connectivity index (χ1) is 9.15. The van der Waals surface area contributed by atoms with Crippen molar-refractivity contribution >= 4 is 11.6 Å². The van der Waals surface area contributed by atoms with E-state index in [-0.39, 0.29) is 11.6 Å². The van der Waals surface area contributed by atoms with E-state index in [0.29, 0.717) is 24.1 Å². The summed E-state index contributed by atoms with van der Waals surface area (Å²) in [4.78, 5) is 15.8. The fraction of sp³-hybridized carbons (Fsp3) is 0.333. The summed E-state index contributed by atoms with van der Waals surface area (Å²) in [5, 5.41) is 12.3. The number of hydrogen-bond acceptors (Lipinski definition) is 5. The second kappa shape index (κ2) is 5.94. The number of anilines is 1. The van der Waals surface area contributed by atoms with Crippen LogP contribution in [0.5, 0.6) is 5.88 Å². The van der Waals surface area contributed by atoms with Crippen LogP contribution in [0.3, 0.4) is 0 Å². The largest absolute Gasteiger partial charge is 0.477 e. The zero-order valence-corrected chi connectivity index (χ0v) is 10.8. The number of carbonyl (C=O) groups is 1. The first-order valence-corrected chi connectivity index (χ1v) is 5.91. The Hall–Kier alpha value is -2.44. The van der Waals surface area contributed by atoms with Crippen LogP contribution in [-0.4, -0.2) is 32.9 Å². The van der Waals surface area contributed by atoms with E-state index in [1.165, 1.54) is 12.4 Å². The van der Waals surface area contributed by atoms with Gasteiger partial charge in [-0.1, -0.05) is 13.8 Å². The van der Waals surface area contributed by atoms with E-state index in [0.717, 1.165) is 0 Å². The Labute approximate surface area is 110 Å². The van der Waals surface area contributed by atoms with Crippen molar-refractivity contribution in [3.63, 3.8) is 0 Å². The zero-order chi connectivity index (χ0) is 13.7. The fourth-order valence-electron chi connectivity index (χ4n) is 1.30. The molecule has 100 valence electrons. The summed E-state index contributed by atoms with van der Waals surface area (Å²) >= 11 is 0. The lowest BCUT2D eigenvalue weighted by Crippen LogP contribution is -2.12. The lowest BCUT2D eigenvalue weighted by atomic mass is 10.2. The molecule has 0 saturated carbocycles. The van der Waals surface area contributed by atoms with Gasteiger partial charge >= 0.3 is 0 Å². The average Bonchev–Trinajstić information content (AvgIpc) is 2.92. The number of amides is 1. The minimum atomic E-state index is -0.341. The molecule has 0 aliphatic heterocycles. The van der Waals surface area contributed by atoms with E-state index in [1.54, 1.807) is 12.1 Å². The summed E-state index contributed by atoms with van der Waals surface area (Å²) in [6.07, 6.45) is 2.89. The highest BCUT2D eigenvalue weighted by Gasteiger charge is 2.09. The van der Waals surface area contributed by atoms with E-state index in [1.807, 2.05) is 0 Å². The minimum Gasteiger partial charge on any atom is -0.477 e. The molecule has 1 amide bonds. The molecule has 0 aliphatic carbocycles. The van der Waals surface area contributed by atoms with Gasteiger partial charge in [-0.05, 0) is 12.0 Å². The smallest absolute Gasteiger partial charge is 0.277 e. The predicted molar refractivity (Wildman–Crippen MR) is 68.9 cm³/mol. The molecule has 2 aromatic heterocycles. The van der Waals surface area contributed by atoms with Gasteiger partial charge in [-0.25, -0.2) is 4.98 Å². The van der Waals surface area contributed by atoms with Crippen LogP contribution < -0.4 is 10.1 Å². The number of ether oxygens (including phenoxy) is 1. The van der Waals surface area contributed by atoms with Crippen molar-refractivity contribution in [1.29, 1.82) is 0 Å². The number of rotatable bonds is 5. The quantitative estimate of drug-likeness (QED) is 0.850. The molecule has 0 spiro atoms. The van der Waals surface area contributed by atoms with Gasteiger partial charge in [0.2, 0.25) is 5.88 Å². The highest BCUT2D eigenvalue weighted by atomic mass is 16.5. The molecule has 19 heavy (non-hydrogen) atoms. The second-order valence-corrected chi connectivity index (χ2v) is 4.40. The van der Waals surface area contributed by atoms with E-state index in [4.69, 9.17) is 4.74 Å². The molecule has 0 atom stereocenters. The first kappa shape index (κ1) is 13.0. The van der Waals surface area contributed by atoms with Gasteiger partial charge in [-0.3, -0.25) is 4.79 Å². The maximum atomic E-state index is 11.7. The van der Waals surface area contributed by atoms with Crippen LogP contribution in [0, 0.1) is 5.92 Å². The average molecular weight is 261 g/mol. The van der Waals surface area contributed by atoms with Gasteiger partial charge < -0.3 is 10.1 Å². The highest BCUT2D eigenvalue weighted by Crippen LogP contribution is 2.13. The topological polar surface area (TPSA) is 92.8 Å². The summed E-state index contributed by atoms with van der Waals surface area (Å²) in [6, 6.07) is 3.43. The van der Waals surface area contributed by atoms with Crippen molar-refractivity contribution in [1.82, 2.24) is 20.4 Å². The van der Waals surface area contributed by atoms with Crippen LogP contribution in [0.25, 0.3) is 0 Å². The van der Waals surface area contributed by atoms with E-state index >= 15 is 0 Å². The number of carbonyl (C=O) groups excluding carboxylic acids is 1. The maximum Gasteiger partial charge on any atom is 0.277 e. The SMILES string of the molecule is CC(C)COc1ccc(NC(=O)c2cn[nH]n2)cn1. The Morgan fingerprint density at radius 2 is 2.26 bits per heavy atom. The molecular formula is C12H15N5O2. The van der Waals surface area contributed by atoms with Gasteiger partial charge in [0, 0.05) is 6.07 Å². The van der Waals surface area contributed by atoms with Crippen LogP contribution in [-0.2, 0) is 0 Å². The van der Waals surface area contributed by atoms with Crippen molar-refractivity contribution < 1.29 is 9.53 Å². The molecule has 0 fully saturated rings. The van der Waals surface area contributed by atoms with Crippen LogP contribution in [0.15, 0.2) is 24.5 Å². The van der Waals surface area contributed by atoms with Crippen molar-refractivity contribution in [2.45, 2.75) is 13.8 Å². The van der Waals surface area contributed by atoms with Gasteiger partial charge in [-0.15, -0.1) is 0 Å². The molecule has 2 N–H and O–H groups in total. The van der Waals surface area contributed by atoms with Crippen LogP contribution in [0.2, 0.25) is 0 Å². The molecule has 0 bridgehead atoms. The number of nitrogens with zero attached hydrogens (tertiary/aromatic N) is 3. The summed E-state index contributed by atoms with van der Waals surface area (Å²) in [5.74, 6) is 0.632. The van der Waals surface area contributed by atoms with E-state index in [9.17, 15) is 4.79 Å². The Kier molecular flexibility index (Phi) is 4.07. The van der Waals surface area contributed by atoms with Gasteiger partial charge in [0.15, 0.2) is 5.69 Å². The number of pyridine rings is 1. The molecule has 0 aliphatic rings. The van der Waals surface area contributed by atoms with Gasteiger partial charge in [0.1, 0.15) is 0 Å². The third-order valence-corrected chi connectivity index (χ3v) is 2.21. The Bertz CT molecular complexity index is 522. The van der Waals surface area contributed by atoms with Gasteiger partial charge in [0.25, 0.3) is 5.91 Å². The summed E-state index contributed by atoms with van der Waals surface area (Å²) in [6.45, 7) is 4.73. The van der Waals surface area contributed by atoms with Gasteiger partial charge in [-0.2, -0.15) is 15.4 Å². The zero-order valence-electron chi connectivity index (χ0n) is 10.8. The number of aromatic nitrogens is 4. The molecule has 7 nitrogen and oxygen atoms in total. The fourth-order valence-corrected chi connectivity index (χ4v) is 1.30. The van der Waals surface area contributed by atoms with Gasteiger partial charge in [0.05, 0.1) is 24.7 Å². The number of aromatic amines is 1. The van der Waals surface area contributed by atoms with Crippen molar-refractivity contribution in [3.8, 4) is 5.88 Å². The third-order valence-electron chi connectivity index (χ3n) is 2.21. The molecule has 7 heteroatoms. The summed E-state index contributed by atoms with van der Waals surface area (Å²) in [7, 11) is 0. The Balaban J connectivity index is 1.93. The molecule has 2 aromatic rings. The first-order valence-electron chi connectivity index (χ1n) is 5.91.